The van der Waals surface area contributed by atoms with Crippen LogP contribution in [0.1, 0.15) is 55.7 Å². The van der Waals surface area contributed by atoms with Gasteiger partial charge in [0.2, 0.25) is 11.1 Å². The summed E-state index contributed by atoms with van der Waals surface area (Å²) in [7, 11) is 0. The highest BCUT2D eigenvalue weighted by atomic mass is 32.2. The Morgan fingerprint density at radius 2 is 2.12 bits per heavy atom. The van der Waals surface area contributed by atoms with E-state index >= 15 is 0 Å². The van der Waals surface area contributed by atoms with Crippen molar-refractivity contribution in [1.82, 2.24) is 19.7 Å². The van der Waals surface area contributed by atoms with Crippen molar-refractivity contribution in [2.45, 2.75) is 62.9 Å². The van der Waals surface area contributed by atoms with Crippen LogP contribution in [-0.4, -0.2) is 30.9 Å². The molecule has 0 saturated carbocycles. The van der Waals surface area contributed by atoms with Gasteiger partial charge in [0.15, 0.2) is 5.65 Å². The molecule has 33 heavy (non-hydrogen) atoms. The van der Waals surface area contributed by atoms with Gasteiger partial charge < -0.3 is 9.88 Å². The van der Waals surface area contributed by atoms with Gasteiger partial charge in [0.05, 0.1) is 16.3 Å². The molecule has 1 aliphatic carbocycles. The fourth-order valence-electron chi connectivity index (χ4n) is 4.47. The fraction of sp³-hybridized carbons (Fsp3) is 0.375. The van der Waals surface area contributed by atoms with E-state index in [2.05, 4.69) is 46.1 Å². The molecular formula is C24H24N6OS2. The van der Waals surface area contributed by atoms with E-state index in [0.29, 0.717) is 22.1 Å². The van der Waals surface area contributed by atoms with Crippen molar-refractivity contribution >= 4 is 56.1 Å². The third kappa shape index (κ3) is 3.77. The molecule has 1 unspecified atom stereocenters. The Morgan fingerprint density at radius 3 is 2.88 bits per heavy atom. The van der Waals surface area contributed by atoms with Crippen molar-refractivity contribution in [3.63, 3.8) is 0 Å². The summed E-state index contributed by atoms with van der Waals surface area (Å²) < 4.78 is 2.16. The van der Waals surface area contributed by atoms with Crippen molar-refractivity contribution in [1.29, 1.82) is 5.26 Å². The van der Waals surface area contributed by atoms with Gasteiger partial charge in [-0.2, -0.15) is 5.26 Å². The summed E-state index contributed by atoms with van der Waals surface area (Å²) in [6.45, 7) is 6.20. The number of aryl methyl sites for hydroxylation is 1. The topological polar surface area (TPSA) is 96.5 Å². The van der Waals surface area contributed by atoms with Gasteiger partial charge in [-0.05, 0) is 51.2 Å². The summed E-state index contributed by atoms with van der Waals surface area (Å²) in [5, 5.41) is 23.2. The lowest BCUT2D eigenvalue weighted by atomic mass is 10.1. The number of fused-ring (bicyclic) bond motifs is 4. The number of anilines is 1. The van der Waals surface area contributed by atoms with Crippen LogP contribution in [0.4, 0.5) is 5.00 Å². The summed E-state index contributed by atoms with van der Waals surface area (Å²) in [6, 6.07) is 10.6. The van der Waals surface area contributed by atoms with E-state index in [-0.39, 0.29) is 17.2 Å². The van der Waals surface area contributed by atoms with Crippen LogP contribution in [0.2, 0.25) is 0 Å². The van der Waals surface area contributed by atoms with Crippen LogP contribution in [0.25, 0.3) is 22.1 Å². The molecule has 7 nitrogen and oxygen atoms in total. The first-order chi connectivity index (χ1) is 16.0. The first-order valence-electron chi connectivity index (χ1n) is 11.2. The number of rotatable bonds is 6. The molecule has 0 bridgehead atoms. The third-order valence-electron chi connectivity index (χ3n) is 5.99. The monoisotopic (exact) mass is 476 g/mol. The van der Waals surface area contributed by atoms with Gasteiger partial charge in [-0.3, -0.25) is 4.79 Å². The maximum atomic E-state index is 13.1. The number of aromatic nitrogens is 4. The fourth-order valence-corrected chi connectivity index (χ4v) is 6.53. The average molecular weight is 477 g/mol. The second-order valence-electron chi connectivity index (χ2n) is 8.42. The number of amides is 1. The van der Waals surface area contributed by atoms with Crippen LogP contribution in [0, 0.1) is 11.3 Å². The standard InChI is InChI=1S/C24H24N6OS2/c1-4-18(22(31)27-23-16(12-25)14-9-7-11-19(14)32-23)33-24-26-21-20(28-29-24)15-8-5-6-10-17(15)30(21)13(2)3/h5-6,8,10,13,18H,4,7,9,11H2,1-3H3,(H,27,31). The number of hydrogen-bond acceptors (Lipinski definition) is 7. The number of carbonyl (C=O) groups excluding carboxylic acids is 1. The largest absolute Gasteiger partial charge is 0.321 e. The van der Waals surface area contributed by atoms with Crippen molar-refractivity contribution in [3.8, 4) is 6.07 Å². The van der Waals surface area contributed by atoms with Gasteiger partial charge in [0.1, 0.15) is 16.6 Å². The SMILES string of the molecule is CCC(Sc1nnc2c3ccccc3n(C(C)C)c2n1)C(=O)Nc1sc2c(c1C#N)CCC2. The molecule has 4 aromatic rings. The Balaban J connectivity index is 1.43. The number of thiophene rings is 1. The normalized spacial score (nSPS) is 14.0. The zero-order chi connectivity index (χ0) is 23.1. The van der Waals surface area contributed by atoms with Crippen LogP contribution >= 0.6 is 23.1 Å². The minimum absolute atomic E-state index is 0.132. The number of benzene rings is 1. The minimum Gasteiger partial charge on any atom is -0.321 e. The van der Waals surface area contributed by atoms with E-state index in [0.717, 1.165) is 46.9 Å². The maximum absolute atomic E-state index is 13.1. The predicted octanol–water partition coefficient (Wildman–Crippen LogP) is 5.49. The van der Waals surface area contributed by atoms with Gasteiger partial charge in [-0.1, -0.05) is 36.9 Å². The zero-order valence-electron chi connectivity index (χ0n) is 18.8. The van der Waals surface area contributed by atoms with E-state index in [1.807, 2.05) is 25.1 Å². The summed E-state index contributed by atoms with van der Waals surface area (Å²) in [4.78, 5) is 19.1. The van der Waals surface area contributed by atoms with Crippen LogP contribution in [0.15, 0.2) is 29.4 Å². The summed E-state index contributed by atoms with van der Waals surface area (Å²) >= 11 is 2.85. The number of para-hydroxylation sites is 1. The lowest BCUT2D eigenvalue weighted by Gasteiger charge is -2.14. The highest BCUT2D eigenvalue weighted by Gasteiger charge is 2.26. The molecule has 1 aliphatic rings. The lowest BCUT2D eigenvalue weighted by molar-refractivity contribution is -0.115. The Kier molecular flexibility index (Phi) is 5.81. The molecule has 1 N–H and O–H groups in total. The van der Waals surface area contributed by atoms with Crippen LogP contribution in [0.5, 0.6) is 0 Å². The van der Waals surface area contributed by atoms with Crippen molar-refractivity contribution in [2.75, 3.05) is 5.32 Å². The molecule has 5 rings (SSSR count). The molecule has 1 atom stereocenters. The molecule has 3 heterocycles. The van der Waals surface area contributed by atoms with Crippen LogP contribution < -0.4 is 5.32 Å². The second kappa shape index (κ2) is 8.76. The van der Waals surface area contributed by atoms with Crippen molar-refractivity contribution in [2.24, 2.45) is 0 Å². The van der Waals surface area contributed by atoms with Crippen molar-refractivity contribution in [3.05, 3.63) is 40.3 Å². The molecule has 0 radical (unpaired) electrons. The molecule has 0 fully saturated rings. The second-order valence-corrected chi connectivity index (χ2v) is 10.7. The van der Waals surface area contributed by atoms with E-state index < -0.39 is 0 Å². The number of nitrogens with zero attached hydrogens (tertiary/aromatic N) is 5. The van der Waals surface area contributed by atoms with Gasteiger partial charge in [0.25, 0.3) is 0 Å². The van der Waals surface area contributed by atoms with Crippen LogP contribution in [0.3, 0.4) is 0 Å². The lowest BCUT2D eigenvalue weighted by Crippen LogP contribution is -2.25. The van der Waals surface area contributed by atoms with Gasteiger partial charge in [-0.25, -0.2) is 4.98 Å². The Hall–Kier alpha value is -2.96. The number of carbonyl (C=O) groups is 1. The minimum atomic E-state index is -0.385. The molecule has 9 heteroatoms. The number of thioether (sulfide) groups is 1. The Bertz CT molecular complexity index is 1410. The maximum Gasteiger partial charge on any atom is 0.238 e. The van der Waals surface area contributed by atoms with Crippen LogP contribution in [-0.2, 0) is 17.6 Å². The van der Waals surface area contributed by atoms with E-state index in [9.17, 15) is 10.1 Å². The molecule has 0 saturated heterocycles. The van der Waals surface area contributed by atoms with Gasteiger partial charge in [-0.15, -0.1) is 21.5 Å². The number of nitriles is 1. The number of nitrogens with one attached hydrogen (secondary N) is 1. The van der Waals surface area contributed by atoms with Gasteiger partial charge in [0, 0.05) is 16.3 Å². The molecule has 1 amide bonds. The van der Waals surface area contributed by atoms with Crippen molar-refractivity contribution < 1.29 is 4.79 Å². The van der Waals surface area contributed by atoms with E-state index in [1.165, 1.54) is 28.0 Å². The Labute approximate surface area is 200 Å². The first-order valence-corrected chi connectivity index (χ1v) is 12.9. The third-order valence-corrected chi connectivity index (χ3v) is 8.42. The van der Waals surface area contributed by atoms with E-state index in [4.69, 9.17) is 4.98 Å². The average Bonchev–Trinajstić information content (AvgIpc) is 3.47. The highest BCUT2D eigenvalue weighted by molar-refractivity contribution is 8.00. The summed E-state index contributed by atoms with van der Waals surface area (Å²) in [5.74, 6) is -0.132. The molecule has 0 spiro atoms. The molecule has 1 aromatic carbocycles. The van der Waals surface area contributed by atoms with Gasteiger partial charge >= 0.3 is 0 Å². The highest BCUT2D eigenvalue weighted by Crippen LogP contribution is 2.39. The number of hydrogen-bond donors (Lipinski definition) is 1. The zero-order valence-corrected chi connectivity index (χ0v) is 20.4. The Morgan fingerprint density at radius 1 is 1.30 bits per heavy atom. The summed E-state index contributed by atoms with van der Waals surface area (Å²) in [5.41, 5.74) is 4.36. The summed E-state index contributed by atoms with van der Waals surface area (Å²) in [6.07, 6.45) is 3.59. The molecule has 3 aromatic heterocycles. The first kappa shape index (κ1) is 21.9. The predicted molar refractivity (Wildman–Crippen MR) is 133 cm³/mol. The molecule has 0 aliphatic heterocycles. The molecule has 168 valence electrons. The molecular weight excluding hydrogens is 452 g/mol. The van der Waals surface area contributed by atoms with E-state index in [1.54, 1.807) is 0 Å². The smallest absolute Gasteiger partial charge is 0.238 e. The quantitative estimate of drug-likeness (QED) is 0.370.